The summed E-state index contributed by atoms with van der Waals surface area (Å²) in [6.45, 7) is 0.910. The molecule has 0 spiro atoms. The molecule has 2 aliphatic rings. The quantitative estimate of drug-likeness (QED) is 0.894. The molecule has 1 aliphatic carbocycles. The van der Waals surface area contributed by atoms with E-state index in [1.807, 2.05) is 30.5 Å². The number of aromatic amines is 1. The van der Waals surface area contributed by atoms with Crippen LogP contribution in [-0.2, 0) is 4.79 Å². The molecule has 0 unspecified atom stereocenters. The highest BCUT2D eigenvalue weighted by molar-refractivity contribution is 5.98. The Morgan fingerprint density at radius 2 is 2.18 bits per heavy atom. The van der Waals surface area contributed by atoms with Crippen LogP contribution in [0.1, 0.15) is 29.6 Å². The predicted molar refractivity (Wildman–Crippen MR) is 81.6 cm³/mol. The van der Waals surface area contributed by atoms with E-state index in [9.17, 15) is 14.7 Å². The lowest BCUT2D eigenvalue weighted by Crippen LogP contribution is -2.37. The fraction of sp³-hybridized carbons (Fsp3) is 0.412. The first kappa shape index (κ1) is 13.4. The molecular weight excluding hydrogens is 280 g/mol. The number of carbonyl (C=O) groups excluding carboxylic acids is 1. The maximum absolute atomic E-state index is 12.7. The van der Waals surface area contributed by atoms with E-state index in [-0.39, 0.29) is 11.8 Å². The predicted octanol–water partition coefficient (Wildman–Crippen LogP) is 2.49. The molecule has 2 N–H and O–H groups in total. The molecule has 1 aliphatic heterocycles. The van der Waals surface area contributed by atoms with E-state index in [2.05, 4.69) is 4.98 Å². The van der Waals surface area contributed by atoms with Crippen molar-refractivity contribution in [3.05, 3.63) is 36.0 Å². The van der Waals surface area contributed by atoms with Crippen LogP contribution in [0.25, 0.3) is 10.9 Å². The summed E-state index contributed by atoms with van der Waals surface area (Å²) < 4.78 is 0. The number of nitrogens with zero attached hydrogens (tertiary/aromatic N) is 1. The van der Waals surface area contributed by atoms with Crippen LogP contribution in [0.5, 0.6) is 0 Å². The number of H-pyrrole nitrogens is 1. The highest BCUT2D eigenvalue weighted by atomic mass is 16.4. The summed E-state index contributed by atoms with van der Waals surface area (Å²) in [5.41, 5.74) is 0.915. The van der Waals surface area contributed by atoms with Gasteiger partial charge in [-0.15, -0.1) is 0 Å². The maximum atomic E-state index is 12.7. The van der Waals surface area contributed by atoms with E-state index in [0.717, 1.165) is 23.7 Å². The Balaban J connectivity index is 1.62. The molecule has 114 valence electrons. The highest BCUT2D eigenvalue weighted by Crippen LogP contribution is 2.49. The van der Waals surface area contributed by atoms with Crippen LogP contribution in [-0.4, -0.2) is 40.0 Å². The third-order valence-corrected chi connectivity index (χ3v) is 5.38. The number of nitrogens with one attached hydrogen (secondary N) is 1. The lowest BCUT2D eigenvalue weighted by molar-refractivity contribution is -0.149. The number of hydrogen-bond donors (Lipinski definition) is 2. The van der Waals surface area contributed by atoms with Gasteiger partial charge >= 0.3 is 5.97 Å². The molecular formula is C17H18N2O3. The summed E-state index contributed by atoms with van der Waals surface area (Å²) in [6, 6.07) is 7.51. The van der Waals surface area contributed by atoms with Crippen molar-refractivity contribution in [2.24, 2.45) is 11.3 Å². The van der Waals surface area contributed by atoms with E-state index >= 15 is 0 Å². The molecule has 1 saturated heterocycles. The second-order valence-electron chi connectivity index (χ2n) is 6.52. The molecule has 2 atom stereocenters. The third-order valence-electron chi connectivity index (χ3n) is 5.38. The van der Waals surface area contributed by atoms with Gasteiger partial charge in [0.1, 0.15) is 0 Å². The zero-order valence-electron chi connectivity index (χ0n) is 12.2. The van der Waals surface area contributed by atoms with Gasteiger partial charge in [-0.1, -0.05) is 6.42 Å². The summed E-state index contributed by atoms with van der Waals surface area (Å²) in [5.74, 6) is -0.700. The van der Waals surface area contributed by atoms with Crippen LogP contribution in [0.3, 0.4) is 0 Å². The van der Waals surface area contributed by atoms with E-state index in [1.165, 1.54) is 0 Å². The summed E-state index contributed by atoms with van der Waals surface area (Å²) >= 11 is 0. The van der Waals surface area contributed by atoms with Gasteiger partial charge in [0, 0.05) is 35.8 Å². The molecule has 4 rings (SSSR count). The minimum absolute atomic E-state index is 0.0573. The highest BCUT2D eigenvalue weighted by Gasteiger charge is 2.55. The largest absolute Gasteiger partial charge is 0.481 e. The number of hydrogen-bond acceptors (Lipinski definition) is 2. The Morgan fingerprint density at radius 1 is 1.32 bits per heavy atom. The Kier molecular flexibility index (Phi) is 2.79. The van der Waals surface area contributed by atoms with Gasteiger partial charge in [-0.05, 0) is 43.0 Å². The Morgan fingerprint density at radius 3 is 2.95 bits per heavy atom. The average Bonchev–Trinajstić information content (AvgIpc) is 3.18. The standard InChI is InChI=1S/C17H18N2O3/c20-15(12-3-4-14-11(8-12)5-7-18-14)19-9-13-2-1-6-17(13,10-19)16(21)22/h3-5,7-8,13,18H,1-2,6,9-10H2,(H,21,22)/t13-,17+/m0/s1. The molecule has 1 amide bonds. The van der Waals surface area contributed by atoms with E-state index in [1.54, 1.807) is 4.90 Å². The van der Waals surface area contributed by atoms with E-state index in [0.29, 0.717) is 25.1 Å². The molecule has 2 aromatic rings. The number of carbonyl (C=O) groups is 2. The van der Waals surface area contributed by atoms with Gasteiger partial charge in [0.2, 0.25) is 0 Å². The molecule has 1 saturated carbocycles. The molecule has 0 radical (unpaired) electrons. The van der Waals surface area contributed by atoms with Crippen LogP contribution >= 0.6 is 0 Å². The number of aromatic nitrogens is 1. The minimum atomic E-state index is -0.744. The zero-order chi connectivity index (χ0) is 15.3. The number of aliphatic carboxylic acids is 1. The van der Waals surface area contributed by atoms with Gasteiger partial charge in [0.15, 0.2) is 0 Å². The summed E-state index contributed by atoms with van der Waals surface area (Å²) in [6.07, 6.45) is 4.40. The molecule has 1 aromatic heterocycles. The molecule has 0 bridgehead atoms. The second-order valence-corrected chi connectivity index (χ2v) is 6.52. The Bertz CT molecular complexity index is 766. The van der Waals surface area contributed by atoms with Gasteiger partial charge in [-0.3, -0.25) is 9.59 Å². The first-order valence-corrected chi connectivity index (χ1v) is 7.70. The minimum Gasteiger partial charge on any atom is -0.481 e. The van der Waals surface area contributed by atoms with Gasteiger partial charge in [-0.2, -0.15) is 0 Å². The van der Waals surface area contributed by atoms with Crippen molar-refractivity contribution in [2.75, 3.05) is 13.1 Å². The fourth-order valence-electron chi connectivity index (χ4n) is 4.16. The summed E-state index contributed by atoms with van der Waals surface area (Å²) in [4.78, 5) is 29.3. The third kappa shape index (κ3) is 1.78. The fourth-order valence-corrected chi connectivity index (χ4v) is 4.16. The van der Waals surface area contributed by atoms with Gasteiger partial charge in [0.05, 0.1) is 5.41 Å². The van der Waals surface area contributed by atoms with E-state index < -0.39 is 11.4 Å². The molecule has 5 nitrogen and oxygen atoms in total. The van der Waals surface area contributed by atoms with Crippen molar-refractivity contribution in [3.63, 3.8) is 0 Å². The van der Waals surface area contributed by atoms with Crippen molar-refractivity contribution in [1.82, 2.24) is 9.88 Å². The second kappa shape index (κ2) is 4.60. The molecule has 1 aromatic carbocycles. The number of fused-ring (bicyclic) bond motifs is 2. The molecule has 5 heteroatoms. The first-order chi connectivity index (χ1) is 10.6. The number of carboxylic acids is 1. The lowest BCUT2D eigenvalue weighted by atomic mass is 9.81. The maximum Gasteiger partial charge on any atom is 0.311 e. The van der Waals surface area contributed by atoms with Crippen molar-refractivity contribution in [3.8, 4) is 0 Å². The summed E-state index contributed by atoms with van der Waals surface area (Å²) in [7, 11) is 0. The van der Waals surface area contributed by atoms with Gasteiger partial charge < -0.3 is 15.0 Å². The molecule has 22 heavy (non-hydrogen) atoms. The Labute approximate surface area is 127 Å². The lowest BCUT2D eigenvalue weighted by Gasteiger charge is -2.23. The molecule has 2 fully saturated rings. The van der Waals surface area contributed by atoms with Crippen LogP contribution in [0.4, 0.5) is 0 Å². The van der Waals surface area contributed by atoms with Crippen molar-refractivity contribution in [1.29, 1.82) is 0 Å². The number of amides is 1. The monoisotopic (exact) mass is 298 g/mol. The molecule has 2 heterocycles. The number of benzene rings is 1. The number of rotatable bonds is 2. The van der Waals surface area contributed by atoms with Crippen LogP contribution in [0.15, 0.2) is 30.5 Å². The van der Waals surface area contributed by atoms with Crippen LogP contribution in [0, 0.1) is 11.3 Å². The van der Waals surface area contributed by atoms with E-state index in [4.69, 9.17) is 0 Å². The van der Waals surface area contributed by atoms with Crippen molar-refractivity contribution < 1.29 is 14.7 Å². The van der Waals surface area contributed by atoms with Crippen LogP contribution in [0.2, 0.25) is 0 Å². The number of likely N-dealkylation sites (tertiary alicyclic amines) is 1. The normalized spacial score (nSPS) is 27.3. The van der Waals surface area contributed by atoms with Crippen molar-refractivity contribution in [2.45, 2.75) is 19.3 Å². The van der Waals surface area contributed by atoms with Crippen molar-refractivity contribution >= 4 is 22.8 Å². The van der Waals surface area contributed by atoms with Gasteiger partial charge in [-0.25, -0.2) is 0 Å². The number of carboxylic acid groups (broad SMARTS) is 1. The topological polar surface area (TPSA) is 73.4 Å². The SMILES string of the molecule is O=C(c1ccc2[nH]ccc2c1)N1C[C@@H]2CCC[C@@]2(C(=O)O)C1. The summed E-state index contributed by atoms with van der Waals surface area (Å²) in [5, 5.41) is 10.6. The first-order valence-electron chi connectivity index (χ1n) is 7.70. The average molecular weight is 298 g/mol. The van der Waals surface area contributed by atoms with Crippen LogP contribution < -0.4 is 0 Å². The smallest absolute Gasteiger partial charge is 0.311 e. The zero-order valence-corrected chi connectivity index (χ0v) is 12.2. The Hall–Kier alpha value is -2.30. The van der Waals surface area contributed by atoms with Gasteiger partial charge in [0.25, 0.3) is 5.91 Å².